The average molecular weight is 471 g/mol. The van der Waals surface area contributed by atoms with E-state index in [1.54, 1.807) is 0 Å². The Balaban J connectivity index is 1.96. The fraction of sp³-hybridized carbons (Fsp3) is 0.333. The molecule has 33 heavy (non-hydrogen) atoms. The topological polar surface area (TPSA) is 68.2 Å². The predicted octanol–water partition coefficient (Wildman–Crippen LogP) is 5.77. The summed E-state index contributed by atoms with van der Waals surface area (Å²) in [6.07, 6.45) is 0.745. The van der Waals surface area contributed by atoms with Gasteiger partial charge in [-0.1, -0.05) is 48.9 Å². The van der Waals surface area contributed by atoms with Gasteiger partial charge < -0.3 is 4.74 Å². The molecule has 0 saturated heterocycles. The molecule has 1 aromatic heterocycles. The number of carbonyl (C=O) groups excluding carboxylic acids is 1. The minimum atomic E-state index is -1.27. The Kier molecular flexibility index (Phi) is 6.60. The van der Waals surface area contributed by atoms with Gasteiger partial charge >= 0.3 is 0 Å². The molecule has 3 aromatic rings. The van der Waals surface area contributed by atoms with E-state index >= 15 is 0 Å². The van der Waals surface area contributed by atoms with Crippen molar-refractivity contribution >= 4 is 23.4 Å². The van der Waals surface area contributed by atoms with Crippen LogP contribution in [0.2, 0.25) is 0 Å². The molecule has 0 N–H and O–H groups in total. The summed E-state index contributed by atoms with van der Waals surface area (Å²) in [6, 6.07) is 7.59. The van der Waals surface area contributed by atoms with Gasteiger partial charge in [-0.05, 0) is 38.0 Å². The minimum absolute atomic E-state index is 0.109. The van der Waals surface area contributed by atoms with Crippen LogP contribution in [0.25, 0.3) is 11.3 Å². The molecule has 0 aliphatic carbocycles. The zero-order valence-electron chi connectivity index (χ0n) is 18.9. The molecular weight excluding hydrogens is 446 g/mol. The van der Waals surface area contributed by atoms with Crippen LogP contribution in [-0.4, -0.2) is 26.8 Å². The van der Waals surface area contributed by atoms with Gasteiger partial charge in [0.25, 0.3) is 0 Å². The second-order valence-electron chi connectivity index (χ2n) is 7.93. The van der Waals surface area contributed by atoms with E-state index in [0.717, 1.165) is 35.8 Å². The third-order valence-corrected chi connectivity index (χ3v) is 6.27. The van der Waals surface area contributed by atoms with Gasteiger partial charge in [0.15, 0.2) is 17.3 Å². The first-order valence-electron chi connectivity index (χ1n) is 10.7. The number of nitrogens with zero attached hydrogens (tertiary/aromatic N) is 4. The number of carbonyl (C=O) groups is 1. The Hall–Kier alpha value is -3.07. The lowest BCUT2D eigenvalue weighted by Crippen LogP contribution is -2.37. The molecule has 2 heterocycles. The zero-order chi connectivity index (χ0) is 23.7. The number of halogens is 2. The van der Waals surface area contributed by atoms with Crippen molar-refractivity contribution in [1.82, 2.24) is 15.2 Å². The van der Waals surface area contributed by atoms with E-state index in [1.807, 2.05) is 26.0 Å². The molecule has 172 valence electrons. The molecule has 0 unspecified atom stereocenters. The van der Waals surface area contributed by atoms with Gasteiger partial charge in [-0.15, -0.1) is 10.2 Å². The van der Waals surface area contributed by atoms with Crippen molar-refractivity contribution in [2.75, 3.05) is 10.7 Å². The van der Waals surface area contributed by atoms with Crippen LogP contribution in [0.5, 0.6) is 5.88 Å². The lowest BCUT2D eigenvalue weighted by atomic mass is 10.00. The highest BCUT2D eigenvalue weighted by molar-refractivity contribution is 7.99. The average Bonchev–Trinajstić information content (AvgIpc) is 2.90. The molecule has 6 nitrogen and oxygen atoms in total. The van der Waals surface area contributed by atoms with E-state index in [4.69, 9.17) is 4.74 Å². The van der Waals surface area contributed by atoms with Gasteiger partial charge in [0.05, 0.1) is 11.3 Å². The number of hydrogen-bond acceptors (Lipinski definition) is 6. The number of aromatic nitrogens is 3. The zero-order valence-corrected chi connectivity index (χ0v) is 19.7. The maximum atomic E-state index is 14.9. The number of aryl methyl sites for hydroxylation is 2. The van der Waals surface area contributed by atoms with Crippen LogP contribution >= 0.6 is 11.8 Å². The molecular formula is C24H24F2N4O2S. The third-order valence-electron chi connectivity index (χ3n) is 5.35. The number of rotatable bonds is 5. The Morgan fingerprint density at radius 3 is 2.73 bits per heavy atom. The normalized spacial score (nSPS) is 14.8. The first kappa shape index (κ1) is 23.1. The summed E-state index contributed by atoms with van der Waals surface area (Å²) in [6.45, 7) is 7.23. The van der Waals surface area contributed by atoms with Crippen LogP contribution in [0, 0.1) is 25.5 Å². The van der Waals surface area contributed by atoms with Crippen molar-refractivity contribution in [2.45, 2.75) is 51.9 Å². The van der Waals surface area contributed by atoms with Gasteiger partial charge in [-0.2, -0.15) is 4.98 Å². The van der Waals surface area contributed by atoms with E-state index in [-0.39, 0.29) is 11.4 Å². The largest absolute Gasteiger partial charge is 0.447 e. The van der Waals surface area contributed by atoms with Crippen molar-refractivity contribution in [3.8, 4) is 17.1 Å². The molecule has 0 spiro atoms. The van der Waals surface area contributed by atoms with E-state index in [1.165, 1.54) is 35.7 Å². The van der Waals surface area contributed by atoms with Crippen LogP contribution in [0.3, 0.4) is 0 Å². The molecule has 0 saturated carbocycles. The molecule has 0 bridgehead atoms. The van der Waals surface area contributed by atoms with Crippen LogP contribution < -0.4 is 9.64 Å². The van der Waals surface area contributed by atoms with Crippen LogP contribution in [-0.2, 0) is 4.79 Å². The molecule has 0 radical (unpaired) electrons. The van der Waals surface area contributed by atoms with E-state index in [9.17, 15) is 13.6 Å². The summed E-state index contributed by atoms with van der Waals surface area (Å²) in [4.78, 5) is 18.8. The van der Waals surface area contributed by atoms with E-state index in [2.05, 4.69) is 22.1 Å². The molecule has 2 aromatic carbocycles. The first-order valence-corrected chi connectivity index (χ1v) is 11.7. The first-order chi connectivity index (χ1) is 15.8. The lowest BCUT2D eigenvalue weighted by molar-refractivity contribution is -0.118. The molecule has 1 aliphatic rings. The number of ether oxygens (including phenoxy) is 1. The van der Waals surface area contributed by atoms with Gasteiger partial charge in [0.2, 0.25) is 23.2 Å². The number of amides is 1. The summed E-state index contributed by atoms with van der Waals surface area (Å²) in [7, 11) is 0. The van der Waals surface area contributed by atoms with Crippen molar-refractivity contribution in [2.24, 2.45) is 0 Å². The molecule has 4 rings (SSSR count). The van der Waals surface area contributed by atoms with Gasteiger partial charge in [0, 0.05) is 18.2 Å². The number of benzene rings is 2. The van der Waals surface area contributed by atoms with Gasteiger partial charge in [-0.25, -0.2) is 8.78 Å². The summed E-state index contributed by atoms with van der Waals surface area (Å²) < 4.78 is 35.2. The number of unbranched alkanes of at least 4 members (excludes halogenated alkanes) is 1. The molecule has 1 amide bonds. The van der Waals surface area contributed by atoms with Gasteiger partial charge in [0.1, 0.15) is 0 Å². The van der Waals surface area contributed by atoms with E-state index in [0.29, 0.717) is 22.1 Å². The highest BCUT2D eigenvalue weighted by Crippen LogP contribution is 2.46. The summed E-state index contributed by atoms with van der Waals surface area (Å²) in [5.74, 6) is -1.57. The van der Waals surface area contributed by atoms with E-state index < -0.39 is 23.8 Å². The van der Waals surface area contributed by atoms with Crippen molar-refractivity contribution in [3.63, 3.8) is 0 Å². The molecule has 1 aliphatic heterocycles. The summed E-state index contributed by atoms with van der Waals surface area (Å²) in [5, 5.41) is 9.05. The number of thioether (sulfide) groups is 1. The summed E-state index contributed by atoms with van der Waals surface area (Å²) in [5.41, 5.74) is 3.05. The third kappa shape index (κ3) is 4.42. The monoisotopic (exact) mass is 470 g/mol. The Morgan fingerprint density at radius 2 is 2.00 bits per heavy atom. The maximum Gasteiger partial charge on any atom is 0.247 e. The van der Waals surface area contributed by atoms with Crippen molar-refractivity contribution < 1.29 is 18.3 Å². The number of fused-ring (bicyclic) bond motifs is 3. The number of hydrogen-bond donors (Lipinski definition) is 0. The van der Waals surface area contributed by atoms with Crippen LogP contribution in [0.1, 0.15) is 49.6 Å². The standard InChI is InChI=1S/C24H24F2N4O2S/c1-5-6-10-33-24-27-22-20(28-29-24)17-12-13(2)11-14(3)21(17)30(15(4)31)23(32-22)16-8-7-9-18(25)19(16)26/h7-9,11-12,23H,5-6,10H2,1-4H3/t23-/m1/s1. The van der Waals surface area contributed by atoms with Crippen LogP contribution in [0.15, 0.2) is 35.5 Å². The second-order valence-corrected chi connectivity index (χ2v) is 8.99. The highest BCUT2D eigenvalue weighted by atomic mass is 32.2. The SMILES string of the molecule is CCCCSc1nnc2c(n1)O[C@H](c1cccc(F)c1F)N(C(C)=O)c1c(C)cc(C)cc1-2. The molecule has 1 atom stereocenters. The van der Waals surface area contributed by atoms with Crippen LogP contribution in [0.4, 0.5) is 14.5 Å². The smallest absolute Gasteiger partial charge is 0.247 e. The minimum Gasteiger partial charge on any atom is -0.447 e. The fourth-order valence-electron chi connectivity index (χ4n) is 3.89. The van der Waals surface area contributed by atoms with Gasteiger partial charge in [-0.3, -0.25) is 9.69 Å². The maximum absolute atomic E-state index is 14.9. The van der Waals surface area contributed by atoms with Crippen molar-refractivity contribution in [3.05, 3.63) is 58.7 Å². The Bertz CT molecular complexity index is 1220. The highest BCUT2D eigenvalue weighted by Gasteiger charge is 2.37. The fourth-order valence-corrected chi connectivity index (χ4v) is 4.75. The number of anilines is 1. The van der Waals surface area contributed by atoms with Crippen molar-refractivity contribution in [1.29, 1.82) is 0 Å². The predicted molar refractivity (Wildman–Crippen MR) is 123 cm³/mol. The summed E-state index contributed by atoms with van der Waals surface area (Å²) >= 11 is 1.44. The molecule has 0 fully saturated rings. The Morgan fingerprint density at radius 1 is 1.21 bits per heavy atom. The molecule has 9 heteroatoms. The Labute approximate surface area is 195 Å². The lowest BCUT2D eigenvalue weighted by Gasteiger charge is -2.31. The second kappa shape index (κ2) is 9.43. The quantitative estimate of drug-likeness (QED) is 0.348.